The lowest BCUT2D eigenvalue weighted by molar-refractivity contribution is -0.115. The molecule has 1 aliphatic rings. The van der Waals surface area contributed by atoms with Crippen molar-refractivity contribution in [3.63, 3.8) is 0 Å². The quantitative estimate of drug-likeness (QED) is 0.855. The summed E-state index contributed by atoms with van der Waals surface area (Å²) in [5.74, 6) is -0.0829. The molecule has 0 spiro atoms. The zero-order chi connectivity index (χ0) is 19.9. The topological polar surface area (TPSA) is 74.8 Å². The van der Waals surface area contributed by atoms with Crippen LogP contribution in [0, 0.1) is 5.82 Å². The van der Waals surface area contributed by atoms with E-state index in [9.17, 15) is 14.0 Å². The lowest BCUT2D eigenvalue weighted by atomic mass is 10.1. The molecule has 0 saturated carbocycles. The van der Waals surface area contributed by atoms with Crippen molar-refractivity contribution in [3.05, 3.63) is 54.0 Å². The van der Waals surface area contributed by atoms with Gasteiger partial charge in [-0.1, -0.05) is 12.1 Å². The van der Waals surface area contributed by atoms with Crippen molar-refractivity contribution in [1.29, 1.82) is 0 Å². The molecule has 2 amide bonds. The molecule has 1 aromatic heterocycles. The third kappa shape index (κ3) is 5.18. The Morgan fingerprint density at radius 3 is 2.43 bits per heavy atom. The molecule has 0 unspecified atom stereocenters. The Kier molecular flexibility index (Phi) is 6.41. The van der Waals surface area contributed by atoms with Crippen LogP contribution in [0.15, 0.2) is 42.6 Å². The maximum Gasteiger partial charge on any atom is 0.409 e. The molecular weight excluding hydrogens is 363 g/mol. The predicted molar refractivity (Wildman–Crippen MR) is 104 cm³/mol. The molecule has 0 radical (unpaired) electrons. The van der Waals surface area contributed by atoms with Crippen molar-refractivity contribution >= 4 is 23.5 Å². The van der Waals surface area contributed by atoms with Crippen LogP contribution >= 0.6 is 0 Å². The molecule has 8 heteroatoms. The number of hydrogen-bond donors (Lipinski definition) is 1. The van der Waals surface area contributed by atoms with Crippen LogP contribution in [0.3, 0.4) is 0 Å². The molecule has 2 aromatic rings. The van der Waals surface area contributed by atoms with Gasteiger partial charge < -0.3 is 19.9 Å². The van der Waals surface area contributed by atoms with Crippen molar-refractivity contribution in [3.8, 4) is 0 Å². The lowest BCUT2D eigenvalue weighted by Gasteiger charge is -2.35. The molecule has 2 heterocycles. The van der Waals surface area contributed by atoms with Gasteiger partial charge in [-0.25, -0.2) is 14.2 Å². The maximum atomic E-state index is 12.9. The van der Waals surface area contributed by atoms with Crippen molar-refractivity contribution in [2.24, 2.45) is 0 Å². The summed E-state index contributed by atoms with van der Waals surface area (Å²) in [6, 6.07) is 9.47. The average Bonchev–Trinajstić information content (AvgIpc) is 2.71. The van der Waals surface area contributed by atoms with Gasteiger partial charge in [0.1, 0.15) is 11.6 Å². The molecule has 28 heavy (non-hydrogen) atoms. The molecule has 1 aliphatic heterocycles. The number of anilines is 2. The van der Waals surface area contributed by atoms with Gasteiger partial charge in [0.15, 0.2) is 0 Å². The standard InChI is InChI=1S/C20H23FN4O3/c1-2-28-20(27)25-11-9-24(10-12-25)17-7-8-18(22-14-17)23-19(26)13-15-3-5-16(21)6-4-15/h3-8,14H,2,9-13H2,1H3,(H,22,23,26). The van der Waals surface area contributed by atoms with E-state index in [1.54, 1.807) is 36.2 Å². The molecule has 1 N–H and O–H groups in total. The zero-order valence-corrected chi connectivity index (χ0v) is 15.7. The van der Waals surface area contributed by atoms with Crippen LogP contribution < -0.4 is 10.2 Å². The van der Waals surface area contributed by atoms with E-state index in [2.05, 4.69) is 15.2 Å². The van der Waals surface area contributed by atoms with Crippen molar-refractivity contribution in [1.82, 2.24) is 9.88 Å². The Morgan fingerprint density at radius 1 is 1.11 bits per heavy atom. The van der Waals surface area contributed by atoms with Gasteiger partial charge in [-0.3, -0.25) is 4.79 Å². The molecular formula is C20H23FN4O3. The van der Waals surface area contributed by atoms with Gasteiger partial charge in [0, 0.05) is 26.2 Å². The van der Waals surface area contributed by atoms with Crippen LogP contribution in [-0.2, 0) is 16.0 Å². The van der Waals surface area contributed by atoms with E-state index < -0.39 is 0 Å². The number of amides is 2. The number of rotatable bonds is 5. The van der Waals surface area contributed by atoms with Crippen LogP contribution in [0.4, 0.5) is 20.7 Å². The molecule has 0 aliphatic carbocycles. The third-order valence-corrected chi connectivity index (χ3v) is 4.46. The highest BCUT2D eigenvalue weighted by Crippen LogP contribution is 2.18. The summed E-state index contributed by atoms with van der Waals surface area (Å²) in [6.07, 6.45) is 1.58. The maximum absolute atomic E-state index is 12.9. The Labute approximate surface area is 163 Å². The second kappa shape index (κ2) is 9.16. The SMILES string of the molecule is CCOC(=O)N1CCN(c2ccc(NC(=O)Cc3ccc(F)cc3)nc2)CC1. The van der Waals surface area contributed by atoms with E-state index in [1.807, 2.05) is 6.07 Å². The lowest BCUT2D eigenvalue weighted by Crippen LogP contribution is -2.49. The number of aromatic nitrogens is 1. The van der Waals surface area contributed by atoms with Gasteiger partial charge in [0.05, 0.1) is 24.9 Å². The Hall–Kier alpha value is -3.16. The zero-order valence-electron chi connectivity index (χ0n) is 15.7. The van der Waals surface area contributed by atoms with E-state index in [0.29, 0.717) is 38.6 Å². The first kappa shape index (κ1) is 19.6. The fraction of sp³-hybridized carbons (Fsp3) is 0.350. The molecule has 1 saturated heterocycles. The first-order valence-electron chi connectivity index (χ1n) is 9.22. The fourth-order valence-corrected chi connectivity index (χ4v) is 2.98. The molecule has 7 nitrogen and oxygen atoms in total. The van der Waals surface area contributed by atoms with Gasteiger partial charge in [-0.05, 0) is 36.8 Å². The Balaban J connectivity index is 1.50. The predicted octanol–water partition coefficient (Wildman–Crippen LogP) is 2.68. The molecule has 0 atom stereocenters. The second-order valence-electron chi connectivity index (χ2n) is 6.43. The third-order valence-electron chi connectivity index (χ3n) is 4.46. The first-order valence-corrected chi connectivity index (χ1v) is 9.22. The number of benzene rings is 1. The van der Waals surface area contributed by atoms with Crippen molar-refractivity contribution in [2.75, 3.05) is 43.0 Å². The number of carbonyl (C=O) groups is 2. The minimum absolute atomic E-state index is 0.152. The number of piperazine rings is 1. The van der Waals surface area contributed by atoms with Crippen LogP contribution in [-0.4, -0.2) is 54.7 Å². The summed E-state index contributed by atoms with van der Waals surface area (Å²) in [4.78, 5) is 32.0. The summed E-state index contributed by atoms with van der Waals surface area (Å²) < 4.78 is 17.9. The second-order valence-corrected chi connectivity index (χ2v) is 6.43. The fourth-order valence-electron chi connectivity index (χ4n) is 2.98. The normalized spacial score (nSPS) is 13.9. The van der Waals surface area contributed by atoms with E-state index in [0.717, 1.165) is 11.3 Å². The summed E-state index contributed by atoms with van der Waals surface area (Å²) in [6.45, 7) is 4.73. The highest BCUT2D eigenvalue weighted by Gasteiger charge is 2.22. The van der Waals surface area contributed by atoms with Crippen LogP contribution in [0.5, 0.6) is 0 Å². The van der Waals surface area contributed by atoms with Gasteiger partial charge in [0.25, 0.3) is 0 Å². The number of carbonyl (C=O) groups excluding carboxylic acids is 2. The van der Waals surface area contributed by atoms with Gasteiger partial charge in [-0.2, -0.15) is 0 Å². The van der Waals surface area contributed by atoms with E-state index in [4.69, 9.17) is 4.74 Å². The average molecular weight is 386 g/mol. The number of pyridine rings is 1. The van der Waals surface area contributed by atoms with Crippen LogP contribution in [0.25, 0.3) is 0 Å². The molecule has 1 aromatic carbocycles. The summed E-state index contributed by atoms with van der Waals surface area (Å²) in [7, 11) is 0. The van der Waals surface area contributed by atoms with E-state index in [1.165, 1.54) is 12.1 Å². The smallest absolute Gasteiger partial charge is 0.409 e. The number of nitrogens with one attached hydrogen (secondary N) is 1. The van der Waals surface area contributed by atoms with Gasteiger partial charge in [0.2, 0.25) is 5.91 Å². The molecule has 148 valence electrons. The largest absolute Gasteiger partial charge is 0.450 e. The summed E-state index contributed by atoms with van der Waals surface area (Å²) in [5, 5.41) is 2.74. The van der Waals surface area contributed by atoms with Gasteiger partial charge >= 0.3 is 6.09 Å². The first-order chi connectivity index (χ1) is 13.5. The summed E-state index contributed by atoms with van der Waals surface area (Å²) in [5.41, 5.74) is 1.66. The monoisotopic (exact) mass is 386 g/mol. The Bertz CT molecular complexity index is 803. The number of hydrogen-bond acceptors (Lipinski definition) is 5. The Morgan fingerprint density at radius 2 is 1.82 bits per heavy atom. The van der Waals surface area contributed by atoms with Crippen molar-refractivity contribution < 1.29 is 18.7 Å². The molecule has 3 rings (SSSR count). The van der Waals surface area contributed by atoms with Crippen molar-refractivity contribution in [2.45, 2.75) is 13.3 Å². The van der Waals surface area contributed by atoms with Crippen LogP contribution in [0.2, 0.25) is 0 Å². The van der Waals surface area contributed by atoms with E-state index >= 15 is 0 Å². The van der Waals surface area contributed by atoms with Crippen LogP contribution in [0.1, 0.15) is 12.5 Å². The minimum Gasteiger partial charge on any atom is -0.450 e. The highest BCUT2D eigenvalue weighted by atomic mass is 19.1. The molecule has 1 fully saturated rings. The number of halogens is 1. The molecule has 0 bridgehead atoms. The highest BCUT2D eigenvalue weighted by molar-refractivity contribution is 5.91. The number of ether oxygens (including phenoxy) is 1. The van der Waals surface area contributed by atoms with E-state index in [-0.39, 0.29) is 24.2 Å². The summed E-state index contributed by atoms with van der Waals surface area (Å²) >= 11 is 0. The number of nitrogens with zero attached hydrogens (tertiary/aromatic N) is 3. The van der Waals surface area contributed by atoms with Gasteiger partial charge in [-0.15, -0.1) is 0 Å². The minimum atomic E-state index is -0.329.